The Morgan fingerprint density at radius 1 is 1.17 bits per heavy atom. The molecule has 8 heteroatoms. The minimum Gasteiger partial charge on any atom is -0.493 e. The fraction of sp³-hybridized carbons (Fsp3) is 0.429. The zero-order valence-electron chi connectivity index (χ0n) is 17.7. The summed E-state index contributed by atoms with van der Waals surface area (Å²) >= 11 is 0. The Kier molecular flexibility index (Phi) is 6.44. The molecule has 29 heavy (non-hydrogen) atoms. The molecule has 4 N–H and O–H groups in total. The summed E-state index contributed by atoms with van der Waals surface area (Å²) in [6.45, 7) is 11.0. The Hall–Kier alpha value is -2.58. The number of nitrogens with two attached hydrogens (primary N) is 2. The van der Waals surface area contributed by atoms with E-state index in [-0.39, 0.29) is 5.95 Å². The van der Waals surface area contributed by atoms with Crippen LogP contribution in [0.25, 0.3) is 10.9 Å². The van der Waals surface area contributed by atoms with Gasteiger partial charge in [-0.15, -0.1) is 0 Å². The number of anilines is 2. The van der Waals surface area contributed by atoms with Gasteiger partial charge in [-0.1, -0.05) is 19.6 Å². The molecule has 0 spiro atoms. The predicted octanol–water partition coefficient (Wildman–Crippen LogP) is 3.90. The second-order valence-electron chi connectivity index (χ2n) is 8.41. The molecule has 2 aromatic heterocycles. The standard InChI is InChI=1S/C21H31N5O2Si/c1-5-28-19-12-15(10-16-13-24-21(23)25-20(16)22)11-18-17(19)6-7-26(18)14-27-8-9-29(2,3)4/h6-7,11-13H,5,8-10,14H2,1-4H3,(H4,22,23,24,25). The van der Waals surface area contributed by atoms with E-state index in [1.165, 1.54) is 0 Å². The number of hydrogen-bond donors (Lipinski definition) is 2. The van der Waals surface area contributed by atoms with Gasteiger partial charge in [0.25, 0.3) is 0 Å². The number of fused-ring (bicyclic) bond motifs is 1. The van der Waals surface area contributed by atoms with Gasteiger partial charge in [0.15, 0.2) is 0 Å². The Morgan fingerprint density at radius 2 is 1.97 bits per heavy atom. The molecule has 0 radical (unpaired) electrons. The van der Waals surface area contributed by atoms with E-state index >= 15 is 0 Å². The molecule has 0 saturated carbocycles. The zero-order chi connectivity index (χ0) is 21.0. The van der Waals surface area contributed by atoms with Gasteiger partial charge >= 0.3 is 0 Å². The zero-order valence-corrected chi connectivity index (χ0v) is 18.7. The van der Waals surface area contributed by atoms with Crippen LogP contribution in [0.1, 0.15) is 18.1 Å². The van der Waals surface area contributed by atoms with Crippen molar-refractivity contribution in [3.63, 3.8) is 0 Å². The maximum atomic E-state index is 6.02. The van der Waals surface area contributed by atoms with Gasteiger partial charge in [0, 0.05) is 44.4 Å². The lowest BCUT2D eigenvalue weighted by molar-refractivity contribution is 0.0902. The maximum absolute atomic E-state index is 6.02. The lowest BCUT2D eigenvalue weighted by Gasteiger charge is -2.16. The van der Waals surface area contributed by atoms with Crippen LogP contribution in [0.2, 0.25) is 25.7 Å². The summed E-state index contributed by atoms with van der Waals surface area (Å²) in [6.07, 6.45) is 4.33. The fourth-order valence-corrected chi connectivity index (χ4v) is 3.90. The van der Waals surface area contributed by atoms with Crippen molar-refractivity contribution in [3.8, 4) is 5.75 Å². The third-order valence-electron chi connectivity index (χ3n) is 4.75. The summed E-state index contributed by atoms with van der Waals surface area (Å²) in [6, 6.07) is 7.43. The molecule has 0 unspecified atom stereocenters. The molecule has 0 bridgehead atoms. The van der Waals surface area contributed by atoms with Crippen LogP contribution in [0.4, 0.5) is 11.8 Å². The smallest absolute Gasteiger partial charge is 0.221 e. The van der Waals surface area contributed by atoms with Crippen molar-refractivity contribution in [3.05, 3.63) is 41.7 Å². The number of aromatic nitrogens is 3. The van der Waals surface area contributed by atoms with Crippen molar-refractivity contribution < 1.29 is 9.47 Å². The molecule has 2 heterocycles. The van der Waals surface area contributed by atoms with E-state index in [1.807, 2.05) is 13.1 Å². The van der Waals surface area contributed by atoms with E-state index < -0.39 is 8.07 Å². The first-order valence-electron chi connectivity index (χ1n) is 9.96. The van der Waals surface area contributed by atoms with Crippen LogP contribution < -0.4 is 16.2 Å². The number of ether oxygens (including phenoxy) is 2. The van der Waals surface area contributed by atoms with Crippen molar-refractivity contribution in [2.75, 3.05) is 24.7 Å². The molecule has 0 aliphatic carbocycles. The molecule has 3 rings (SSSR count). The molecule has 0 atom stereocenters. The van der Waals surface area contributed by atoms with Crippen LogP contribution in [-0.2, 0) is 17.9 Å². The Balaban J connectivity index is 1.86. The second-order valence-corrected chi connectivity index (χ2v) is 14.0. The largest absolute Gasteiger partial charge is 0.493 e. The van der Waals surface area contributed by atoms with Crippen LogP contribution >= 0.6 is 0 Å². The fourth-order valence-electron chi connectivity index (χ4n) is 3.14. The van der Waals surface area contributed by atoms with Crippen LogP contribution in [0, 0.1) is 0 Å². The second kappa shape index (κ2) is 8.83. The predicted molar refractivity (Wildman–Crippen MR) is 121 cm³/mol. The van der Waals surface area contributed by atoms with Crippen LogP contribution in [0.3, 0.4) is 0 Å². The number of nitrogens with zero attached hydrogens (tertiary/aromatic N) is 3. The molecule has 3 aromatic rings. The lowest BCUT2D eigenvalue weighted by atomic mass is 10.0. The van der Waals surface area contributed by atoms with Crippen molar-refractivity contribution in [1.82, 2.24) is 14.5 Å². The third-order valence-corrected chi connectivity index (χ3v) is 6.45. The van der Waals surface area contributed by atoms with E-state index in [0.29, 0.717) is 25.6 Å². The van der Waals surface area contributed by atoms with Gasteiger partial charge in [-0.25, -0.2) is 4.98 Å². The summed E-state index contributed by atoms with van der Waals surface area (Å²) in [5, 5.41) is 1.07. The molecule has 0 amide bonds. The van der Waals surface area contributed by atoms with E-state index in [1.54, 1.807) is 6.20 Å². The van der Waals surface area contributed by atoms with E-state index in [9.17, 15) is 0 Å². The van der Waals surface area contributed by atoms with Crippen molar-refractivity contribution in [1.29, 1.82) is 0 Å². The highest BCUT2D eigenvalue weighted by Crippen LogP contribution is 2.30. The van der Waals surface area contributed by atoms with E-state index in [2.05, 4.69) is 52.4 Å². The Morgan fingerprint density at radius 3 is 2.66 bits per heavy atom. The molecular formula is C21H31N5O2Si. The molecule has 0 saturated heterocycles. The van der Waals surface area contributed by atoms with E-state index in [0.717, 1.165) is 40.4 Å². The first-order chi connectivity index (χ1) is 13.8. The van der Waals surface area contributed by atoms with Gasteiger partial charge < -0.3 is 25.5 Å². The van der Waals surface area contributed by atoms with Crippen molar-refractivity contribution in [2.45, 2.75) is 45.8 Å². The highest BCUT2D eigenvalue weighted by Gasteiger charge is 2.14. The Bertz CT molecular complexity index is 981. The summed E-state index contributed by atoms with van der Waals surface area (Å²) < 4.78 is 14.0. The summed E-state index contributed by atoms with van der Waals surface area (Å²) in [5.41, 5.74) is 14.6. The summed E-state index contributed by atoms with van der Waals surface area (Å²) in [5.74, 6) is 1.44. The molecule has 0 aliphatic rings. The molecular weight excluding hydrogens is 382 g/mol. The average molecular weight is 414 g/mol. The number of rotatable bonds is 9. The molecule has 7 nitrogen and oxygen atoms in total. The van der Waals surface area contributed by atoms with Gasteiger partial charge in [-0.3, -0.25) is 0 Å². The number of nitrogen functional groups attached to an aromatic ring is 2. The maximum Gasteiger partial charge on any atom is 0.221 e. The average Bonchev–Trinajstić information content (AvgIpc) is 3.04. The highest BCUT2D eigenvalue weighted by molar-refractivity contribution is 6.76. The summed E-state index contributed by atoms with van der Waals surface area (Å²) in [7, 11) is -1.10. The molecule has 1 aromatic carbocycles. The number of benzene rings is 1. The highest BCUT2D eigenvalue weighted by atomic mass is 28.3. The lowest BCUT2D eigenvalue weighted by Crippen LogP contribution is -2.21. The summed E-state index contributed by atoms with van der Waals surface area (Å²) in [4.78, 5) is 8.13. The number of hydrogen-bond acceptors (Lipinski definition) is 6. The quantitative estimate of drug-likeness (QED) is 0.407. The SMILES string of the molecule is CCOc1cc(Cc2cnc(N)nc2N)cc2c1ccn2COCC[Si](C)(C)C. The first kappa shape index (κ1) is 21.1. The van der Waals surface area contributed by atoms with Crippen LogP contribution in [0.15, 0.2) is 30.6 Å². The minimum absolute atomic E-state index is 0.182. The third kappa shape index (κ3) is 5.48. The van der Waals surface area contributed by atoms with Gasteiger partial charge in [0.2, 0.25) is 5.95 Å². The van der Waals surface area contributed by atoms with E-state index in [4.69, 9.17) is 20.9 Å². The Labute approximate surface area is 173 Å². The monoisotopic (exact) mass is 413 g/mol. The van der Waals surface area contributed by atoms with Gasteiger partial charge in [-0.2, -0.15) is 4.98 Å². The molecule has 0 fully saturated rings. The van der Waals surface area contributed by atoms with Gasteiger partial charge in [0.05, 0.1) is 12.1 Å². The molecule has 156 valence electrons. The van der Waals surface area contributed by atoms with Crippen molar-refractivity contribution in [2.24, 2.45) is 0 Å². The van der Waals surface area contributed by atoms with Crippen molar-refractivity contribution >= 4 is 30.7 Å². The minimum atomic E-state index is -1.10. The van der Waals surface area contributed by atoms with Gasteiger partial charge in [-0.05, 0) is 36.7 Å². The van der Waals surface area contributed by atoms with Crippen LogP contribution in [-0.4, -0.2) is 35.8 Å². The topological polar surface area (TPSA) is 101 Å². The first-order valence-corrected chi connectivity index (χ1v) is 13.7. The van der Waals surface area contributed by atoms with Crippen LogP contribution in [0.5, 0.6) is 5.75 Å². The normalized spacial score (nSPS) is 11.9. The molecule has 0 aliphatic heterocycles. The van der Waals surface area contributed by atoms with Gasteiger partial charge in [0.1, 0.15) is 18.3 Å².